The molecule has 1 aromatic rings. The van der Waals surface area contributed by atoms with E-state index in [-0.39, 0.29) is 5.41 Å². The van der Waals surface area contributed by atoms with E-state index >= 15 is 0 Å². The number of nitrogens with one attached hydrogen (secondary N) is 1. The summed E-state index contributed by atoms with van der Waals surface area (Å²) in [4.78, 5) is 0. The van der Waals surface area contributed by atoms with Crippen molar-refractivity contribution >= 4 is 0 Å². The fourth-order valence-corrected chi connectivity index (χ4v) is 2.82. The number of benzene rings is 1. The average Bonchev–Trinajstić information content (AvgIpc) is 2.20. The molecule has 2 fully saturated rings. The molecule has 3 rings (SSSR count). The van der Waals surface area contributed by atoms with Crippen molar-refractivity contribution in [3.05, 3.63) is 29.3 Å². The van der Waals surface area contributed by atoms with Gasteiger partial charge in [0, 0.05) is 18.7 Å². The molecule has 0 atom stereocenters. The largest absolute Gasteiger partial charge is 0.496 e. The van der Waals surface area contributed by atoms with Crippen LogP contribution in [-0.2, 0) is 10.2 Å². The van der Waals surface area contributed by atoms with Gasteiger partial charge in [-0.15, -0.1) is 0 Å². The lowest BCUT2D eigenvalue weighted by atomic mass is 9.65. The van der Waals surface area contributed by atoms with Gasteiger partial charge in [0.05, 0.1) is 25.7 Å². The van der Waals surface area contributed by atoms with Gasteiger partial charge in [0.2, 0.25) is 0 Å². The zero-order valence-corrected chi connectivity index (χ0v) is 10.5. The Hall–Kier alpha value is -1.06. The molecule has 3 heteroatoms. The molecule has 3 nitrogen and oxygen atoms in total. The smallest absolute Gasteiger partial charge is 0.122 e. The maximum Gasteiger partial charge on any atom is 0.122 e. The van der Waals surface area contributed by atoms with Crippen LogP contribution < -0.4 is 10.1 Å². The summed E-state index contributed by atoms with van der Waals surface area (Å²) >= 11 is 0. The molecule has 0 saturated carbocycles. The fourth-order valence-electron chi connectivity index (χ4n) is 2.82. The van der Waals surface area contributed by atoms with E-state index < -0.39 is 0 Å². The van der Waals surface area contributed by atoms with E-state index in [4.69, 9.17) is 9.47 Å². The molecule has 0 spiro atoms. The third kappa shape index (κ3) is 1.57. The molecule has 1 aromatic carbocycles. The first-order valence-electron chi connectivity index (χ1n) is 6.20. The quantitative estimate of drug-likeness (QED) is 0.858. The number of aryl methyl sites for hydroxylation is 1. The lowest BCUT2D eigenvalue weighted by Crippen LogP contribution is -2.62. The molecule has 92 valence electrons. The van der Waals surface area contributed by atoms with Gasteiger partial charge in [0.15, 0.2) is 0 Å². The summed E-state index contributed by atoms with van der Waals surface area (Å²) < 4.78 is 11.0. The summed E-state index contributed by atoms with van der Waals surface area (Å²) in [7, 11) is 1.75. The SMILES string of the molecule is COc1ccc(C)cc1C1(C2CNC2)COC1. The monoisotopic (exact) mass is 233 g/mol. The summed E-state index contributed by atoms with van der Waals surface area (Å²) in [6, 6.07) is 6.45. The predicted molar refractivity (Wildman–Crippen MR) is 66.6 cm³/mol. The zero-order valence-electron chi connectivity index (χ0n) is 10.5. The van der Waals surface area contributed by atoms with Gasteiger partial charge in [0.1, 0.15) is 5.75 Å². The summed E-state index contributed by atoms with van der Waals surface area (Å²) in [6.07, 6.45) is 0. The Bertz CT molecular complexity index is 422. The number of hydrogen-bond acceptors (Lipinski definition) is 3. The van der Waals surface area contributed by atoms with Gasteiger partial charge in [0.25, 0.3) is 0 Å². The van der Waals surface area contributed by atoms with Crippen LogP contribution in [0.1, 0.15) is 11.1 Å². The van der Waals surface area contributed by atoms with Crippen LogP contribution in [0.2, 0.25) is 0 Å². The Labute approximate surface area is 102 Å². The molecular formula is C14H19NO2. The predicted octanol–water partition coefficient (Wildman–Crippen LogP) is 1.49. The third-order valence-electron chi connectivity index (χ3n) is 4.17. The van der Waals surface area contributed by atoms with Crippen LogP contribution >= 0.6 is 0 Å². The third-order valence-corrected chi connectivity index (χ3v) is 4.17. The summed E-state index contributed by atoms with van der Waals surface area (Å²) in [5.41, 5.74) is 2.81. The molecule has 0 bridgehead atoms. The Morgan fingerprint density at radius 2 is 2.12 bits per heavy atom. The number of rotatable bonds is 3. The molecule has 0 aromatic heterocycles. The van der Waals surface area contributed by atoms with Crippen molar-refractivity contribution in [1.82, 2.24) is 5.32 Å². The molecule has 17 heavy (non-hydrogen) atoms. The van der Waals surface area contributed by atoms with E-state index in [1.807, 2.05) is 0 Å². The number of hydrogen-bond donors (Lipinski definition) is 1. The van der Waals surface area contributed by atoms with E-state index in [2.05, 4.69) is 30.4 Å². The Morgan fingerprint density at radius 1 is 1.35 bits per heavy atom. The van der Waals surface area contributed by atoms with Crippen molar-refractivity contribution in [3.8, 4) is 5.75 Å². The van der Waals surface area contributed by atoms with Crippen molar-refractivity contribution in [2.45, 2.75) is 12.3 Å². The summed E-state index contributed by atoms with van der Waals surface area (Å²) in [5, 5.41) is 3.36. The molecule has 1 N–H and O–H groups in total. The molecule has 2 saturated heterocycles. The first-order valence-corrected chi connectivity index (χ1v) is 6.20. The average molecular weight is 233 g/mol. The fraction of sp³-hybridized carbons (Fsp3) is 0.571. The van der Waals surface area contributed by atoms with E-state index in [9.17, 15) is 0 Å². The van der Waals surface area contributed by atoms with E-state index in [0.29, 0.717) is 5.92 Å². The highest BCUT2D eigenvalue weighted by Gasteiger charge is 2.50. The summed E-state index contributed by atoms with van der Waals surface area (Å²) in [6.45, 7) is 5.99. The second kappa shape index (κ2) is 4.00. The molecule has 2 aliphatic rings. The van der Waals surface area contributed by atoms with Gasteiger partial charge < -0.3 is 14.8 Å². The molecule has 2 aliphatic heterocycles. The highest BCUT2D eigenvalue weighted by atomic mass is 16.5. The minimum atomic E-state index is 0.183. The van der Waals surface area contributed by atoms with Gasteiger partial charge in [-0.25, -0.2) is 0 Å². The highest BCUT2D eigenvalue weighted by molar-refractivity contribution is 5.45. The van der Waals surface area contributed by atoms with Crippen molar-refractivity contribution < 1.29 is 9.47 Å². The minimum absolute atomic E-state index is 0.183. The molecule has 0 amide bonds. The maximum atomic E-state index is 5.53. The molecular weight excluding hydrogens is 214 g/mol. The highest BCUT2D eigenvalue weighted by Crippen LogP contribution is 2.45. The number of methoxy groups -OCH3 is 1. The second-order valence-electron chi connectivity index (χ2n) is 5.21. The minimum Gasteiger partial charge on any atom is -0.496 e. The molecule has 0 aliphatic carbocycles. The molecule has 0 radical (unpaired) electrons. The number of ether oxygens (including phenoxy) is 2. The van der Waals surface area contributed by atoms with Crippen molar-refractivity contribution in [3.63, 3.8) is 0 Å². The van der Waals surface area contributed by atoms with Crippen LogP contribution in [-0.4, -0.2) is 33.4 Å². The van der Waals surface area contributed by atoms with Gasteiger partial charge in [-0.1, -0.05) is 17.7 Å². The first-order chi connectivity index (χ1) is 8.26. The van der Waals surface area contributed by atoms with E-state index in [1.165, 1.54) is 11.1 Å². The van der Waals surface area contributed by atoms with Crippen molar-refractivity contribution in [2.24, 2.45) is 5.92 Å². The summed E-state index contributed by atoms with van der Waals surface area (Å²) in [5.74, 6) is 1.69. The maximum absolute atomic E-state index is 5.53. The van der Waals surface area contributed by atoms with E-state index in [1.54, 1.807) is 7.11 Å². The van der Waals surface area contributed by atoms with E-state index in [0.717, 1.165) is 32.1 Å². The Kier molecular flexibility index (Phi) is 2.60. The standard InChI is InChI=1S/C14H19NO2/c1-10-3-4-13(16-2)12(5-10)14(8-17-9-14)11-6-15-7-11/h3-5,11,15H,6-9H2,1-2H3. The van der Waals surface area contributed by atoms with Crippen LogP contribution in [0.25, 0.3) is 0 Å². The van der Waals surface area contributed by atoms with Gasteiger partial charge in [-0.05, 0) is 18.9 Å². The van der Waals surface area contributed by atoms with Crippen molar-refractivity contribution in [1.29, 1.82) is 0 Å². The lowest BCUT2D eigenvalue weighted by molar-refractivity contribution is -0.102. The van der Waals surface area contributed by atoms with Crippen LogP contribution in [0.3, 0.4) is 0 Å². The molecule has 2 heterocycles. The Morgan fingerprint density at radius 3 is 2.59 bits per heavy atom. The van der Waals surface area contributed by atoms with Gasteiger partial charge in [-0.2, -0.15) is 0 Å². The normalized spacial score (nSPS) is 22.7. The lowest BCUT2D eigenvalue weighted by Gasteiger charge is -2.51. The van der Waals surface area contributed by atoms with Crippen LogP contribution in [0, 0.1) is 12.8 Å². The van der Waals surface area contributed by atoms with Crippen LogP contribution in [0.4, 0.5) is 0 Å². The first kappa shape index (κ1) is 11.1. The zero-order chi connectivity index (χ0) is 11.9. The van der Waals surface area contributed by atoms with Crippen molar-refractivity contribution in [2.75, 3.05) is 33.4 Å². The van der Waals surface area contributed by atoms with Gasteiger partial charge >= 0.3 is 0 Å². The van der Waals surface area contributed by atoms with Crippen LogP contribution in [0.15, 0.2) is 18.2 Å². The second-order valence-corrected chi connectivity index (χ2v) is 5.21. The molecule has 0 unspecified atom stereocenters. The Balaban J connectivity index is 2.03. The topological polar surface area (TPSA) is 30.5 Å². The van der Waals surface area contributed by atoms with Gasteiger partial charge in [-0.3, -0.25) is 0 Å². The van der Waals surface area contributed by atoms with Crippen LogP contribution in [0.5, 0.6) is 5.75 Å².